The first-order valence-electron chi connectivity index (χ1n) is 10.0. The van der Waals surface area contributed by atoms with E-state index in [0.717, 1.165) is 34.6 Å². The Balaban J connectivity index is 1.85. The molecule has 0 radical (unpaired) electrons. The van der Waals surface area contributed by atoms with E-state index in [9.17, 15) is 8.42 Å². The van der Waals surface area contributed by atoms with Gasteiger partial charge in [-0.3, -0.25) is 9.71 Å². The summed E-state index contributed by atoms with van der Waals surface area (Å²) in [6.07, 6.45) is 2.86. The average Bonchev–Trinajstić information content (AvgIpc) is 3.25. The summed E-state index contributed by atoms with van der Waals surface area (Å²) in [5.41, 5.74) is 5.10. The van der Waals surface area contributed by atoms with E-state index in [2.05, 4.69) is 26.1 Å². The van der Waals surface area contributed by atoms with Gasteiger partial charge < -0.3 is 19.9 Å². The Hall–Kier alpha value is -3.11. The minimum atomic E-state index is -3.50. The van der Waals surface area contributed by atoms with Gasteiger partial charge in [0.2, 0.25) is 10.0 Å². The molecular weight excluding hydrogens is 446 g/mol. The van der Waals surface area contributed by atoms with Gasteiger partial charge in [-0.1, -0.05) is 6.07 Å². The smallest absolute Gasteiger partial charge is 0.229 e. The molecule has 0 amide bonds. The topological polar surface area (TPSA) is 99.3 Å². The van der Waals surface area contributed by atoms with Crippen molar-refractivity contribution in [2.24, 2.45) is 0 Å². The maximum atomic E-state index is 11.9. The number of ether oxygens (including phenoxy) is 1. The number of H-pyrrole nitrogens is 1. The monoisotopic (exact) mass is 471 g/mol. The van der Waals surface area contributed by atoms with Crippen LogP contribution in [0.3, 0.4) is 0 Å². The third kappa shape index (κ3) is 4.28. The average molecular weight is 472 g/mol. The number of pyridine rings is 1. The Morgan fingerprint density at radius 2 is 1.97 bits per heavy atom. The van der Waals surface area contributed by atoms with Crippen molar-refractivity contribution >= 4 is 38.7 Å². The summed E-state index contributed by atoms with van der Waals surface area (Å²) in [5, 5.41) is 3.94. The predicted molar refractivity (Wildman–Crippen MR) is 130 cm³/mol. The van der Waals surface area contributed by atoms with Crippen molar-refractivity contribution in [2.45, 2.75) is 25.9 Å². The van der Waals surface area contributed by atoms with Crippen molar-refractivity contribution in [1.82, 2.24) is 15.3 Å². The Morgan fingerprint density at radius 3 is 2.56 bits per heavy atom. The SMILES string of the molecule is COc1ccc(N2C(=S)NC(c3ccccn3)C2c2cc(C)[nH]c2C)cc1NS(C)(=O)=O. The molecule has 0 bridgehead atoms. The summed E-state index contributed by atoms with van der Waals surface area (Å²) in [4.78, 5) is 9.93. The molecular formula is C22H25N5O3S2. The van der Waals surface area contributed by atoms with Gasteiger partial charge >= 0.3 is 0 Å². The first kappa shape index (κ1) is 22.1. The van der Waals surface area contributed by atoms with E-state index in [4.69, 9.17) is 17.0 Å². The molecule has 3 heterocycles. The normalized spacial score (nSPS) is 18.5. The van der Waals surface area contributed by atoms with Gasteiger partial charge in [0.05, 0.1) is 36.8 Å². The zero-order chi connectivity index (χ0) is 23.0. The molecule has 32 heavy (non-hydrogen) atoms. The fourth-order valence-electron chi connectivity index (χ4n) is 4.13. The summed E-state index contributed by atoms with van der Waals surface area (Å²) in [5.74, 6) is 0.420. The number of aryl methyl sites for hydroxylation is 2. The molecule has 168 valence electrons. The number of anilines is 2. The standard InChI is InChI=1S/C22H25N5O3S2/c1-13-11-16(14(2)24-13)21-20(17-7-5-6-10-23-17)25-22(31)27(21)15-8-9-19(30-3)18(12-15)26-32(4,28)29/h5-12,20-21,24,26H,1-4H3,(H,25,31). The van der Waals surface area contributed by atoms with Crippen LogP contribution in [0.4, 0.5) is 11.4 Å². The van der Waals surface area contributed by atoms with Crippen molar-refractivity contribution in [3.05, 3.63) is 71.3 Å². The third-order valence-corrected chi connectivity index (χ3v) is 6.27. The molecule has 3 N–H and O–H groups in total. The van der Waals surface area contributed by atoms with Crippen molar-refractivity contribution in [2.75, 3.05) is 23.0 Å². The number of thiocarbonyl (C=S) groups is 1. The highest BCUT2D eigenvalue weighted by Gasteiger charge is 2.42. The van der Waals surface area contributed by atoms with E-state index in [-0.39, 0.29) is 12.1 Å². The lowest BCUT2D eigenvalue weighted by Gasteiger charge is -2.28. The molecule has 1 aliphatic heterocycles. The molecule has 8 nitrogen and oxygen atoms in total. The maximum Gasteiger partial charge on any atom is 0.229 e. The van der Waals surface area contributed by atoms with Crippen LogP contribution in [0.15, 0.2) is 48.7 Å². The Morgan fingerprint density at radius 1 is 1.19 bits per heavy atom. The van der Waals surface area contributed by atoms with Crippen LogP contribution in [-0.2, 0) is 10.0 Å². The van der Waals surface area contributed by atoms with Crippen LogP contribution in [0.25, 0.3) is 0 Å². The lowest BCUT2D eigenvalue weighted by molar-refractivity contribution is 0.417. The molecule has 4 rings (SSSR count). The van der Waals surface area contributed by atoms with Crippen LogP contribution in [0.2, 0.25) is 0 Å². The molecule has 1 aliphatic rings. The van der Waals surface area contributed by atoms with Gasteiger partial charge in [0.1, 0.15) is 5.75 Å². The van der Waals surface area contributed by atoms with Crippen molar-refractivity contribution in [3.8, 4) is 5.75 Å². The van der Waals surface area contributed by atoms with E-state index in [1.54, 1.807) is 18.3 Å². The van der Waals surface area contributed by atoms with Crippen LogP contribution in [0.5, 0.6) is 5.75 Å². The second-order valence-electron chi connectivity index (χ2n) is 7.79. The first-order valence-corrected chi connectivity index (χ1v) is 12.3. The Kier molecular flexibility index (Phi) is 5.83. The number of aromatic amines is 1. The molecule has 2 aromatic heterocycles. The molecule has 0 aliphatic carbocycles. The second kappa shape index (κ2) is 8.44. The molecule has 1 fully saturated rings. The second-order valence-corrected chi connectivity index (χ2v) is 9.92. The number of hydrogen-bond donors (Lipinski definition) is 3. The highest BCUT2D eigenvalue weighted by atomic mass is 32.2. The van der Waals surface area contributed by atoms with Gasteiger partial charge in [0.15, 0.2) is 5.11 Å². The minimum Gasteiger partial charge on any atom is -0.495 e. The van der Waals surface area contributed by atoms with Crippen LogP contribution in [0, 0.1) is 13.8 Å². The Labute approximate surface area is 193 Å². The van der Waals surface area contributed by atoms with Gasteiger partial charge in [-0.15, -0.1) is 0 Å². The van der Waals surface area contributed by atoms with Crippen LogP contribution in [0.1, 0.15) is 34.7 Å². The number of hydrogen-bond acceptors (Lipinski definition) is 5. The fraction of sp³-hybridized carbons (Fsp3) is 0.273. The molecule has 0 saturated carbocycles. The summed E-state index contributed by atoms with van der Waals surface area (Å²) >= 11 is 5.75. The molecule has 1 aromatic carbocycles. The van der Waals surface area contributed by atoms with Gasteiger partial charge in [0.25, 0.3) is 0 Å². The minimum absolute atomic E-state index is 0.189. The Bertz CT molecular complexity index is 1260. The number of benzene rings is 1. The number of rotatable bonds is 6. The summed E-state index contributed by atoms with van der Waals surface area (Å²) in [7, 11) is -2.00. The largest absolute Gasteiger partial charge is 0.495 e. The van der Waals surface area contributed by atoms with Crippen LogP contribution >= 0.6 is 12.2 Å². The number of nitrogens with zero attached hydrogens (tertiary/aromatic N) is 2. The van der Waals surface area contributed by atoms with Crippen molar-refractivity contribution in [1.29, 1.82) is 0 Å². The third-order valence-electron chi connectivity index (χ3n) is 5.36. The molecule has 0 spiro atoms. The lowest BCUT2D eigenvalue weighted by atomic mass is 9.96. The molecule has 2 atom stereocenters. The number of aromatic nitrogens is 2. The van der Waals surface area contributed by atoms with Crippen molar-refractivity contribution in [3.63, 3.8) is 0 Å². The summed E-state index contributed by atoms with van der Waals surface area (Å²) in [6.45, 7) is 4.04. The van der Waals surface area contributed by atoms with Crippen molar-refractivity contribution < 1.29 is 13.2 Å². The van der Waals surface area contributed by atoms with E-state index >= 15 is 0 Å². The highest BCUT2D eigenvalue weighted by Crippen LogP contribution is 2.44. The van der Waals surface area contributed by atoms with E-state index in [0.29, 0.717) is 16.5 Å². The molecule has 2 unspecified atom stereocenters. The van der Waals surface area contributed by atoms with E-state index in [1.165, 1.54) is 7.11 Å². The number of sulfonamides is 1. The highest BCUT2D eigenvalue weighted by molar-refractivity contribution is 7.92. The summed E-state index contributed by atoms with van der Waals surface area (Å²) < 4.78 is 31.7. The molecule has 3 aromatic rings. The van der Waals surface area contributed by atoms with E-state index < -0.39 is 10.0 Å². The lowest BCUT2D eigenvalue weighted by Crippen LogP contribution is -2.29. The van der Waals surface area contributed by atoms with Crippen LogP contribution < -0.4 is 19.7 Å². The van der Waals surface area contributed by atoms with Gasteiger partial charge in [-0.25, -0.2) is 8.42 Å². The van der Waals surface area contributed by atoms with Gasteiger partial charge in [-0.2, -0.15) is 0 Å². The quantitative estimate of drug-likeness (QED) is 0.473. The fourth-order valence-corrected chi connectivity index (χ4v) is 5.03. The maximum absolute atomic E-state index is 11.9. The zero-order valence-corrected chi connectivity index (χ0v) is 19.8. The van der Waals surface area contributed by atoms with Gasteiger partial charge in [-0.05, 0) is 68.0 Å². The predicted octanol–water partition coefficient (Wildman–Crippen LogP) is 3.58. The zero-order valence-electron chi connectivity index (χ0n) is 18.2. The first-order chi connectivity index (χ1) is 15.2. The summed E-state index contributed by atoms with van der Waals surface area (Å²) in [6, 6.07) is 12.8. The molecule has 1 saturated heterocycles. The number of methoxy groups -OCH3 is 1. The molecule has 10 heteroatoms. The van der Waals surface area contributed by atoms with Gasteiger partial charge in [0, 0.05) is 23.3 Å². The number of nitrogens with one attached hydrogen (secondary N) is 3. The van der Waals surface area contributed by atoms with E-state index in [1.807, 2.05) is 43.0 Å². The van der Waals surface area contributed by atoms with Crippen LogP contribution in [-0.4, -0.2) is 36.9 Å².